The van der Waals surface area contributed by atoms with Crippen LogP contribution < -0.4 is 8.20 Å². The van der Waals surface area contributed by atoms with Gasteiger partial charge in [0, 0.05) is 0 Å². The topological polar surface area (TPSA) is 29.1 Å². The molecule has 1 aliphatic rings. The first-order chi connectivity index (χ1) is 10.7. The van der Waals surface area contributed by atoms with E-state index in [1.54, 1.807) is 0 Å². The predicted octanol–water partition coefficient (Wildman–Crippen LogP) is 2.79. The van der Waals surface area contributed by atoms with E-state index in [1.807, 2.05) is 0 Å². The Morgan fingerprint density at radius 2 is 1.73 bits per heavy atom. The molecule has 2 aromatic rings. The van der Waals surface area contributed by atoms with Crippen LogP contribution in [-0.2, 0) is 23.0 Å². The molecule has 0 saturated heterocycles. The van der Waals surface area contributed by atoms with Crippen LogP contribution in [0.25, 0.3) is 0 Å². The number of hydrogen-bond acceptors (Lipinski definition) is 1. The van der Waals surface area contributed by atoms with E-state index in [-0.39, 0.29) is 15.2 Å². The fourth-order valence-corrected chi connectivity index (χ4v) is 9.62. The molecule has 1 N–H and O–H groups in total. The van der Waals surface area contributed by atoms with Gasteiger partial charge >= 0.3 is 141 Å². The molecule has 0 bridgehead atoms. The van der Waals surface area contributed by atoms with E-state index in [0.717, 1.165) is 35.5 Å². The van der Waals surface area contributed by atoms with Gasteiger partial charge in [0.1, 0.15) is 0 Å². The summed E-state index contributed by atoms with van der Waals surface area (Å²) in [7, 11) is -2.62. The standard InChI is InChI=1S/C18H23NOSSe/c1-3-6-14-10-12-16(13-11-14)21(20)17-9-5-8-15(7-4-2)18(17)22-19-21/h5,8-13,21H,3-4,6-7H2,1-2H3,(H,19,20). The number of nitrogens with one attached hydrogen (secondary N) is 1. The van der Waals surface area contributed by atoms with E-state index in [2.05, 4.69) is 60.1 Å². The Hall–Kier alpha value is -0.931. The third-order valence-electron chi connectivity index (χ3n) is 4.05. The minimum atomic E-state index is -2.62. The summed E-state index contributed by atoms with van der Waals surface area (Å²) < 4.78 is 18.3. The Morgan fingerprint density at radius 3 is 2.41 bits per heavy atom. The molecule has 0 fully saturated rings. The fourth-order valence-electron chi connectivity index (χ4n) is 2.92. The van der Waals surface area contributed by atoms with Gasteiger partial charge in [-0.25, -0.2) is 0 Å². The third-order valence-corrected chi connectivity index (χ3v) is 10.4. The average molecular weight is 380 g/mol. The summed E-state index contributed by atoms with van der Waals surface area (Å²) in [4.78, 5) is 1.99. The Balaban J connectivity index is 2.00. The van der Waals surface area contributed by atoms with E-state index in [0.29, 0.717) is 0 Å². The second-order valence-corrected chi connectivity index (χ2v) is 10.6. The Morgan fingerprint density at radius 1 is 1.00 bits per heavy atom. The summed E-state index contributed by atoms with van der Waals surface area (Å²) in [5.74, 6) is 0. The van der Waals surface area contributed by atoms with Gasteiger partial charge in [-0.05, 0) is 0 Å². The zero-order chi connectivity index (χ0) is 15.6. The minimum absolute atomic E-state index is 0.110. The summed E-state index contributed by atoms with van der Waals surface area (Å²) in [6.07, 6.45) is 4.42. The van der Waals surface area contributed by atoms with Gasteiger partial charge < -0.3 is 0 Å². The molecule has 0 radical (unpaired) electrons. The van der Waals surface area contributed by atoms with Crippen molar-refractivity contribution in [2.45, 2.75) is 49.3 Å². The van der Waals surface area contributed by atoms with Gasteiger partial charge in [0.25, 0.3) is 0 Å². The number of fused-ring (bicyclic) bond motifs is 1. The van der Waals surface area contributed by atoms with Gasteiger partial charge in [0.2, 0.25) is 0 Å². The van der Waals surface area contributed by atoms with Crippen molar-refractivity contribution in [3.8, 4) is 0 Å². The molecule has 118 valence electrons. The first kappa shape index (κ1) is 15.9. The van der Waals surface area contributed by atoms with Crippen molar-refractivity contribution < 1.29 is 4.21 Å². The number of benzene rings is 2. The zero-order valence-corrected chi connectivity index (χ0v) is 15.7. The summed E-state index contributed by atoms with van der Waals surface area (Å²) in [6, 6.07) is 14.7. The number of aryl methyl sites for hydroxylation is 2. The van der Waals surface area contributed by atoms with Crippen molar-refractivity contribution in [1.29, 1.82) is 0 Å². The molecular weight excluding hydrogens is 357 g/mol. The van der Waals surface area contributed by atoms with Gasteiger partial charge in [-0.3, -0.25) is 0 Å². The first-order valence-corrected chi connectivity index (χ1v) is 11.4. The van der Waals surface area contributed by atoms with Crippen LogP contribution >= 0.6 is 0 Å². The molecular formula is C18H23NOSSe. The van der Waals surface area contributed by atoms with Crippen molar-refractivity contribution in [3.05, 3.63) is 53.6 Å². The molecule has 0 saturated carbocycles. The maximum atomic E-state index is 13.6. The SMILES string of the molecule is CCCc1ccc([SH]2(=O)N[Se]c3c(CCC)cccc32)cc1. The maximum absolute atomic E-state index is 13.6. The van der Waals surface area contributed by atoms with Gasteiger partial charge in [-0.2, -0.15) is 0 Å². The molecule has 4 heteroatoms. The van der Waals surface area contributed by atoms with E-state index >= 15 is 0 Å². The van der Waals surface area contributed by atoms with Crippen LogP contribution in [0.4, 0.5) is 0 Å². The van der Waals surface area contributed by atoms with Gasteiger partial charge in [0.05, 0.1) is 0 Å². The van der Waals surface area contributed by atoms with Crippen molar-refractivity contribution in [2.75, 3.05) is 0 Å². The molecule has 0 aliphatic carbocycles. The number of thiol groups is 1. The van der Waals surface area contributed by atoms with Crippen molar-refractivity contribution in [2.24, 2.45) is 0 Å². The summed E-state index contributed by atoms with van der Waals surface area (Å²) >= 11 is 0.110. The van der Waals surface area contributed by atoms with Crippen molar-refractivity contribution >= 4 is 29.8 Å². The predicted molar refractivity (Wildman–Crippen MR) is 95.5 cm³/mol. The van der Waals surface area contributed by atoms with Crippen molar-refractivity contribution in [3.63, 3.8) is 0 Å². The summed E-state index contributed by atoms with van der Waals surface area (Å²) in [5, 5.41) is 0. The first-order valence-electron chi connectivity index (χ1n) is 7.95. The van der Waals surface area contributed by atoms with Crippen LogP contribution in [0.3, 0.4) is 0 Å². The number of hydrogen-bond donors (Lipinski definition) is 2. The van der Waals surface area contributed by atoms with Gasteiger partial charge in [-0.15, -0.1) is 0 Å². The van der Waals surface area contributed by atoms with Crippen LogP contribution in [0.5, 0.6) is 0 Å². The summed E-state index contributed by atoms with van der Waals surface area (Å²) in [6.45, 7) is 4.38. The normalized spacial score (nSPS) is 17.2. The molecule has 0 aromatic heterocycles. The van der Waals surface area contributed by atoms with Crippen LogP contribution in [0, 0.1) is 0 Å². The van der Waals surface area contributed by atoms with Crippen molar-refractivity contribution in [1.82, 2.24) is 3.74 Å². The Kier molecular flexibility index (Phi) is 4.84. The molecule has 1 aliphatic heterocycles. The molecule has 0 spiro atoms. The van der Waals surface area contributed by atoms with E-state index in [4.69, 9.17) is 0 Å². The van der Waals surface area contributed by atoms with Crippen LogP contribution in [0.15, 0.2) is 52.3 Å². The average Bonchev–Trinajstić information content (AvgIpc) is 2.89. The fraction of sp³-hybridized carbons (Fsp3) is 0.333. The van der Waals surface area contributed by atoms with E-state index in [9.17, 15) is 4.21 Å². The molecule has 2 nitrogen and oxygen atoms in total. The summed E-state index contributed by atoms with van der Waals surface area (Å²) in [5.41, 5.74) is 2.69. The van der Waals surface area contributed by atoms with Crippen LogP contribution in [-0.4, -0.2) is 19.4 Å². The molecule has 22 heavy (non-hydrogen) atoms. The quantitative estimate of drug-likeness (QED) is 0.606. The molecule has 2 aromatic carbocycles. The van der Waals surface area contributed by atoms with Gasteiger partial charge in [0.15, 0.2) is 0 Å². The Bertz CT molecular complexity index is 712. The van der Waals surface area contributed by atoms with Gasteiger partial charge in [-0.1, -0.05) is 0 Å². The monoisotopic (exact) mass is 381 g/mol. The molecule has 0 amide bonds. The third kappa shape index (κ3) is 2.81. The second-order valence-electron chi connectivity index (χ2n) is 5.73. The van der Waals surface area contributed by atoms with E-state index in [1.165, 1.54) is 15.6 Å². The number of rotatable bonds is 5. The van der Waals surface area contributed by atoms with E-state index < -0.39 is 10.1 Å². The zero-order valence-electron chi connectivity index (χ0n) is 13.1. The van der Waals surface area contributed by atoms with Crippen LogP contribution in [0.2, 0.25) is 0 Å². The molecule has 0 atom stereocenters. The molecule has 0 unspecified atom stereocenters. The Labute approximate surface area is 140 Å². The second kappa shape index (κ2) is 6.67. The molecule has 3 rings (SSSR count). The molecule has 1 heterocycles. The van der Waals surface area contributed by atoms with Crippen LogP contribution in [0.1, 0.15) is 37.8 Å².